The summed E-state index contributed by atoms with van der Waals surface area (Å²) in [7, 11) is 0. The quantitative estimate of drug-likeness (QED) is 0.181. The standard InChI is InChI=1S/C49H31N5/c1-3-15-33(16-4-1)47-50-48(52-49(51-47)35-27-28-44-41(31-35)39-22-9-11-24-42(39)53(44)36-18-5-2-6-19-36)34-17-13-20-37(30-34)54-43-25-12-10-23-40(43)46-38-21-8-7-14-32(38)26-29-45(46)54/h1-31H. The molecule has 5 heteroatoms. The highest BCUT2D eigenvalue weighted by molar-refractivity contribution is 6.21. The first-order valence-electron chi connectivity index (χ1n) is 18.2. The van der Waals surface area contributed by atoms with Gasteiger partial charge in [0.1, 0.15) is 0 Å². The van der Waals surface area contributed by atoms with Crippen LogP contribution in [0.25, 0.3) is 99.9 Å². The first kappa shape index (κ1) is 30.3. The zero-order chi connectivity index (χ0) is 35.6. The Morgan fingerprint density at radius 1 is 0.296 bits per heavy atom. The summed E-state index contributed by atoms with van der Waals surface area (Å²) in [5.41, 5.74) is 9.58. The first-order valence-corrected chi connectivity index (χ1v) is 18.2. The number of para-hydroxylation sites is 3. The summed E-state index contributed by atoms with van der Waals surface area (Å²) in [5, 5.41) is 7.30. The summed E-state index contributed by atoms with van der Waals surface area (Å²) in [5.74, 6) is 1.89. The van der Waals surface area contributed by atoms with Gasteiger partial charge < -0.3 is 9.13 Å². The molecule has 54 heavy (non-hydrogen) atoms. The predicted octanol–water partition coefficient (Wildman–Crippen LogP) is 12.2. The molecular formula is C49H31N5. The van der Waals surface area contributed by atoms with Crippen LogP contribution in [0.3, 0.4) is 0 Å². The van der Waals surface area contributed by atoms with Gasteiger partial charge in [0.15, 0.2) is 17.5 Å². The number of nitrogens with zero attached hydrogens (tertiary/aromatic N) is 5. The monoisotopic (exact) mass is 689 g/mol. The fraction of sp³-hybridized carbons (Fsp3) is 0. The van der Waals surface area contributed by atoms with Crippen LogP contribution >= 0.6 is 0 Å². The minimum atomic E-state index is 0.624. The van der Waals surface area contributed by atoms with E-state index < -0.39 is 0 Å². The fourth-order valence-electron chi connectivity index (χ4n) is 8.12. The molecule has 0 radical (unpaired) electrons. The van der Waals surface area contributed by atoms with Crippen molar-refractivity contribution < 1.29 is 0 Å². The Hall–Kier alpha value is -7.37. The van der Waals surface area contributed by atoms with Crippen molar-refractivity contribution in [2.45, 2.75) is 0 Å². The molecule has 0 aliphatic heterocycles. The molecule has 0 saturated carbocycles. The van der Waals surface area contributed by atoms with Crippen molar-refractivity contribution in [3.05, 3.63) is 188 Å². The highest BCUT2D eigenvalue weighted by atomic mass is 15.0. The van der Waals surface area contributed by atoms with E-state index in [2.05, 4.69) is 179 Å². The SMILES string of the molecule is c1ccc(-c2nc(-c3cccc(-n4c5ccccc5c5c6ccccc6ccc54)c3)nc(-c3ccc4c(c3)c3ccccc3n4-c3ccccc3)n2)cc1. The molecule has 252 valence electrons. The summed E-state index contributed by atoms with van der Waals surface area (Å²) in [6, 6.07) is 66.1. The van der Waals surface area contributed by atoms with Crippen molar-refractivity contribution in [3.63, 3.8) is 0 Å². The summed E-state index contributed by atoms with van der Waals surface area (Å²) < 4.78 is 4.68. The maximum absolute atomic E-state index is 5.20. The Morgan fingerprint density at radius 2 is 0.815 bits per heavy atom. The van der Waals surface area contributed by atoms with Crippen molar-refractivity contribution >= 4 is 54.4 Å². The van der Waals surface area contributed by atoms with E-state index >= 15 is 0 Å². The third-order valence-corrected chi connectivity index (χ3v) is 10.5. The van der Waals surface area contributed by atoms with Gasteiger partial charge in [-0.05, 0) is 71.4 Å². The minimum Gasteiger partial charge on any atom is -0.309 e. The number of benzene rings is 8. The maximum atomic E-state index is 5.20. The van der Waals surface area contributed by atoms with Gasteiger partial charge in [0.2, 0.25) is 0 Å². The molecule has 0 unspecified atom stereocenters. The Balaban J connectivity index is 1.11. The van der Waals surface area contributed by atoms with Crippen molar-refractivity contribution in [2.24, 2.45) is 0 Å². The Morgan fingerprint density at radius 3 is 1.59 bits per heavy atom. The molecule has 8 aromatic carbocycles. The molecular weight excluding hydrogens is 659 g/mol. The number of rotatable bonds is 5. The van der Waals surface area contributed by atoms with E-state index in [9.17, 15) is 0 Å². The zero-order valence-electron chi connectivity index (χ0n) is 29.1. The Kier molecular flexibility index (Phi) is 6.79. The molecule has 5 nitrogen and oxygen atoms in total. The van der Waals surface area contributed by atoms with E-state index in [0.29, 0.717) is 17.5 Å². The van der Waals surface area contributed by atoms with Crippen LogP contribution in [0.15, 0.2) is 188 Å². The molecule has 0 aliphatic rings. The molecule has 3 heterocycles. The summed E-state index contributed by atoms with van der Waals surface area (Å²) in [6.45, 7) is 0. The average molecular weight is 690 g/mol. The summed E-state index contributed by atoms with van der Waals surface area (Å²) >= 11 is 0. The zero-order valence-corrected chi connectivity index (χ0v) is 29.1. The van der Waals surface area contributed by atoms with Gasteiger partial charge in [0, 0.05) is 49.6 Å². The molecule has 3 aromatic heterocycles. The molecule has 0 saturated heterocycles. The van der Waals surface area contributed by atoms with Crippen LogP contribution in [0.1, 0.15) is 0 Å². The van der Waals surface area contributed by atoms with Crippen molar-refractivity contribution in [2.75, 3.05) is 0 Å². The van der Waals surface area contributed by atoms with Gasteiger partial charge in [-0.15, -0.1) is 0 Å². The number of hydrogen-bond donors (Lipinski definition) is 0. The molecule has 0 N–H and O–H groups in total. The molecule has 0 amide bonds. The van der Waals surface area contributed by atoms with Crippen LogP contribution in [0, 0.1) is 0 Å². The molecule has 0 spiro atoms. The molecule has 0 aliphatic carbocycles. The lowest BCUT2D eigenvalue weighted by Crippen LogP contribution is -2.01. The normalized spacial score (nSPS) is 11.7. The predicted molar refractivity (Wildman–Crippen MR) is 222 cm³/mol. The summed E-state index contributed by atoms with van der Waals surface area (Å²) in [6.07, 6.45) is 0. The minimum absolute atomic E-state index is 0.624. The van der Waals surface area contributed by atoms with E-state index in [-0.39, 0.29) is 0 Å². The highest BCUT2D eigenvalue weighted by Gasteiger charge is 2.18. The smallest absolute Gasteiger partial charge is 0.164 e. The van der Waals surface area contributed by atoms with Crippen molar-refractivity contribution in [1.82, 2.24) is 24.1 Å². The van der Waals surface area contributed by atoms with Crippen LogP contribution in [0.4, 0.5) is 0 Å². The molecule has 11 aromatic rings. The number of fused-ring (bicyclic) bond motifs is 8. The van der Waals surface area contributed by atoms with Crippen LogP contribution in [0.5, 0.6) is 0 Å². The largest absolute Gasteiger partial charge is 0.309 e. The van der Waals surface area contributed by atoms with E-state index in [1.165, 1.54) is 26.9 Å². The molecule has 0 bridgehead atoms. The average Bonchev–Trinajstić information content (AvgIpc) is 3.77. The van der Waals surface area contributed by atoms with Crippen molar-refractivity contribution in [1.29, 1.82) is 0 Å². The van der Waals surface area contributed by atoms with Gasteiger partial charge >= 0.3 is 0 Å². The van der Waals surface area contributed by atoms with E-state index in [0.717, 1.165) is 55.5 Å². The third-order valence-electron chi connectivity index (χ3n) is 10.5. The lowest BCUT2D eigenvalue weighted by molar-refractivity contribution is 1.07. The first-order chi connectivity index (χ1) is 26.8. The maximum Gasteiger partial charge on any atom is 0.164 e. The van der Waals surface area contributed by atoms with Crippen molar-refractivity contribution in [3.8, 4) is 45.5 Å². The van der Waals surface area contributed by atoms with Gasteiger partial charge in [-0.3, -0.25) is 0 Å². The Bertz CT molecular complexity index is 3210. The lowest BCUT2D eigenvalue weighted by Gasteiger charge is -2.12. The van der Waals surface area contributed by atoms with Gasteiger partial charge in [-0.1, -0.05) is 127 Å². The van der Waals surface area contributed by atoms with Crippen LogP contribution < -0.4 is 0 Å². The number of hydrogen-bond acceptors (Lipinski definition) is 3. The highest BCUT2D eigenvalue weighted by Crippen LogP contribution is 2.38. The van der Waals surface area contributed by atoms with E-state index in [1.54, 1.807) is 0 Å². The molecule has 0 fully saturated rings. The van der Waals surface area contributed by atoms with Gasteiger partial charge in [-0.25, -0.2) is 15.0 Å². The van der Waals surface area contributed by atoms with E-state index in [1.807, 2.05) is 18.2 Å². The summed E-state index contributed by atoms with van der Waals surface area (Å²) in [4.78, 5) is 15.4. The van der Waals surface area contributed by atoms with Crippen LogP contribution in [-0.4, -0.2) is 24.1 Å². The second kappa shape index (κ2) is 12.1. The topological polar surface area (TPSA) is 48.5 Å². The fourth-order valence-corrected chi connectivity index (χ4v) is 8.12. The third kappa shape index (κ3) is 4.76. The Labute approximate surface area is 311 Å². The second-order valence-electron chi connectivity index (χ2n) is 13.7. The number of aromatic nitrogens is 5. The van der Waals surface area contributed by atoms with Crippen LogP contribution in [-0.2, 0) is 0 Å². The van der Waals surface area contributed by atoms with Gasteiger partial charge in [0.25, 0.3) is 0 Å². The lowest BCUT2D eigenvalue weighted by atomic mass is 10.0. The van der Waals surface area contributed by atoms with Gasteiger partial charge in [0.05, 0.1) is 22.1 Å². The molecule has 0 atom stereocenters. The molecule has 11 rings (SSSR count). The van der Waals surface area contributed by atoms with E-state index in [4.69, 9.17) is 15.0 Å². The second-order valence-corrected chi connectivity index (χ2v) is 13.7. The van der Waals surface area contributed by atoms with Gasteiger partial charge in [-0.2, -0.15) is 0 Å². The van der Waals surface area contributed by atoms with Crippen LogP contribution in [0.2, 0.25) is 0 Å².